The molecule has 2 rings (SSSR count). The van der Waals surface area contributed by atoms with E-state index in [1.807, 2.05) is 57.3 Å². The van der Waals surface area contributed by atoms with Crippen LogP contribution in [0, 0.1) is 5.41 Å². The Bertz CT molecular complexity index is 676. The molecule has 1 heterocycles. The number of nitrogens with one attached hydrogen (secondary N) is 1. The molecule has 0 bridgehead atoms. The molecule has 0 aliphatic heterocycles. The molecule has 0 fully saturated rings. The van der Waals surface area contributed by atoms with Crippen molar-refractivity contribution in [2.24, 2.45) is 11.1 Å². The zero-order chi connectivity index (χ0) is 17.2. The fraction of sp³-hybridized carbons (Fsp3) is 0.412. The summed E-state index contributed by atoms with van der Waals surface area (Å²) in [6.45, 7) is 7.79. The number of rotatable bonds is 4. The van der Waals surface area contributed by atoms with E-state index in [2.05, 4.69) is 26.2 Å². The zero-order valence-electron chi connectivity index (χ0n) is 13.8. The summed E-state index contributed by atoms with van der Waals surface area (Å²) in [5.74, 6) is -0.148. The van der Waals surface area contributed by atoms with Gasteiger partial charge in [-0.25, -0.2) is 4.98 Å². The van der Waals surface area contributed by atoms with Gasteiger partial charge >= 0.3 is 0 Å². The monoisotopic (exact) mass is 395 g/mol. The molecule has 0 spiro atoms. The second-order valence-corrected chi connectivity index (χ2v) is 8.46. The average molecular weight is 396 g/mol. The number of halogens is 1. The van der Waals surface area contributed by atoms with Gasteiger partial charge in [0, 0.05) is 15.4 Å². The van der Waals surface area contributed by atoms with Crippen molar-refractivity contribution >= 4 is 33.2 Å². The number of hydrogen-bond donors (Lipinski definition) is 2. The van der Waals surface area contributed by atoms with Gasteiger partial charge in [-0.2, -0.15) is 0 Å². The normalized spacial score (nSPS) is 14.3. The number of carbonyl (C=O) groups is 1. The maximum atomic E-state index is 12.2. The molecule has 3 N–H and O–H groups in total. The summed E-state index contributed by atoms with van der Waals surface area (Å²) in [7, 11) is 0. The molecule has 6 heteroatoms. The van der Waals surface area contributed by atoms with Crippen molar-refractivity contribution in [3.63, 3.8) is 0 Å². The van der Waals surface area contributed by atoms with Gasteiger partial charge in [-0.05, 0) is 24.5 Å². The van der Waals surface area contributed by atoms with Crippen LogP contribution < -0.4 is 11.1 Å². The molecular formula is C17H22BrN3OS. The Hall–Kier alpha value is -1.24. The quantitative estimate of drug-likeness (QED) is 0.817. The van der Waals surface area contributed by atoms with Gasteiger partial charge in [-0.15, -0.1) is 11.3 Å². The third kappa shape index (κ3) is 4.62. The summed E-state index contributed by atoms with van der Waals surface area (Å²) in [6, 6.07) is 7.30. The second-order valence-electron chi connectivity index (χ2n) is 6.65. The number of hydrogen-bond acceptors (Lipinski definition) is 4. The smallest absolute Gasteiger partial charge is 0.238 e. The molecule has 124 valence electrons. The summed E-state index contributed by atoms with van der Waals surface area (Å²) in [5, 5.41) is 5.83. The van der Waals surface area contributed by atoms with Gasteiger partial charge in [-0.1, -0.05) is 48.8 Å². The predicted molar refractivity (Wildman–Crippen MR) is 99.2 cm³/mol. The van der Waals surface area contributed by atoms with E-state index < -0.39 is 6.04 Å². The number of aromatic nitrogens is 1. The second kappa shape index (κ2) is 7.11. The van der Waals surface area contributed by atoms with E-state index in [4.69, 9.17) is 5.73 Å². The van der Waals surface area contributed by atoms with E-state index in [-0.39, 0.29) is 17.4 Å². The summed E-state index contributed by atoms with van der Waals surface area (Å²) < 4.78 is 1.04. The van der Waals surface area contributed by atoms with E-state index in [9.17, 15) is 4.79 Å². The van der Waals surface area contributed by atoms with Crippen LogP contribution >= 0.6 is 27.3 Å². The molecule has 0 radical (unpaired) electrons. The highest BCUT2D eigenvalue weighted by Gasteiger charge is 2.28. The van der Waals surface area contributed by atoms with Gasteiger partial charge < -0.3 is 11.1 Å². The van der Waals surface area contributed by atoms with Gasteiger partial charge in [0.25, 0.3) is 0 Å². The van der Waals surface area contributed by atoms with E-state index in [1.165, 1.54) is 11.3 Å². The number of thiazole rings is 1. The van der Waals surface area contributed by atoms with Crippen molar-refractivity contribution in [3.05, 3.63) is 39.1 Å². The Morgan fingerprint density at radius 3 is 2.48 bits per heavy atom. The van der Waals surface area contributed by atoms with Crippen molar-refractivity contribution in [2.75, 3.05) is 0 Å². The predicted octanol–water partition coefficient (Wildman–Crippen LogP) is 4.12. The lowest BCUT2D eigenvalue weighted by molar-refractivity contribution is -0.125. The van der Waals surface area contributed by atoms with E-state index in [0.717, 1.165) is 20.7 Å². The third-order valence-corrected chi connectivity index (χ3v) is 5.16. The average Bonchev–Trinajstić information content (AvgIpc) is 2.96. The fourth-order valence-electron chi connectivity index (χ4n) is 2.00. The summed E-state index contributed by atoms with van der Waals surface area (Å²) in [4.78, 5) is 16.9. The Morgan fingerprint density at radius 1 is 1.30 bits per heavy atom. The van der Waals surface area contributed by atoms with Crippen LogP contribution in [0.4, 0.5) is 0 Å². The van der Waals surface area contributed by atoms with Crippen LogP contribution in [0.5, 0.6) is 0 Å². The zero-order valence-corrected chi connectivity index (χ0v) is 16.2. The molecule has 2 atom stereocenters. The minimum Gasteiger partial charge on any atom is -0.346 e. The molecule has 1 amide bonds. The van der Waals surface area contributed by atoms with Crippen LogP contribution in [0.2, 0.25) is 0 Å². The van der Waals surface area contributed by atoms with Crippen LogP contribution in [0.15, 0.2) is 34.1 Å². The van der Waals surface area contributed by atoms with E-state index >= 15 is 0 Å². The minimum atomic E-state index is -0.546. The standard InChI is InChI=1S/C17H22BrN3OS/c1-10(20-15(22)14(19)17(2,3)4)16-21-13(9-23-16)11-5-7-12(18)8-6-11/h5-10,14H,19H2,1-4H3,(H,20,22)/t10?,14-/m1/s1. The molecular weight excluding hydrogens is 374 g/mol. The molecule has 0 aliphatic rings. The van der Waals surface area contributed by atoms with Gasteiger partial charge in [0.1, 0.15) is 5.01 Å². The first-order valence-corrected chi connectivity index (χ1v) is 9.13. The lowest BCUT2D eigenvalue weighted by Crippen LogP contribution is -2.49. The SMILES string of the molecule is CC(NC(=O)[C@@H](N)C(C)(C)C)c1nc(-c2ccc(Br)cc2)cs1. The highest BCUT2D eigenvalue weighted by atomic mass is 79.9. The first-order chi connectivity index (χ1) is 10.7. The maximum absolute atomic E-state index is 12.2. The topological polar surface area (TPSA) is 68.0 Å². The molecule has 4 nitrogen and oxygen atoms in total. The van der Waals surface area contributed by atoms with Crippen molar-refractivity contribution in [3.8, 4) is 11.3 Å². The van der Waals surface area contributed by atoms with E-state index in [0.29, 0.717) is 0 Å². The Kier molecular flexibility index (Phi) is 5.60. The van der Waals surface area contributed by atoms with Gasteiger partial charge in [0.05, 0.1) is 17.8 Å². The number of carbonyl (C=O) groups excluding carboxylic acids is 1. The lowest BCUT2D eigenvalue weighted by atomic mass is 9.87. The molecule has 0 saturated heterocycles. The highest BCUT2D eigenvalue weighted by Crippen LogP contribution is 2.27. The number of amides is 1. The fourth-order valence-corrected chi connectivity index (χ4v) is 3.10. The Labute approximate surface area is 149 Å². The Morgan fingerprint density at radius 2 is 1.91 bits per heavy atom. The van der Waals surface area contributed by atoms with Crippen molar-refractivity contribution in [2.45, 2.75) is 39.8 Å². The van der Waals surface area contributed by atoms with Crippen LogP contribution in [-0.4, -0.2) is 16.9 Å². The number of nitrogens with two attached hydrogens (primary N) is 1. The molecule has 23 heavy (non-hydrogen) atoms. The van der Waals surface area contributed by atoms with Gasteiger partial charge in [0.2, 0.25) is 5.91 Å². The minimum absolute atomic E-state index is 0.148. The van der Waals surface area contributed by atoms with E-state index in [1.54, 1.807) is 0 Å². The van der Waals surface area contributed by atoms with Crippen LogP contribution in [-0.2, 0) is 4.79 Å². The third-order valence-electron chi connectivity index (χ3n) is 3.61. The largest absolute Gasteiger partial charge is 0.346 e. The lowest BCUT2D eigenvalue weighted by Gasteiger charge is -2.27. The maximum Gasteiger partial charge on any atom is 0.238 e. The first-order valence-electron chi connectivity index (χ1n) is 7.46. The summed E-state index contributed by atoms with van der Waals surface area (Å²) in [6.07, 6.45) is 0. The molecule has 1 aromatic carbocycles. The van der Waals surface area contributed by atoms with Crippen LogP contribution in [0.25, 0.3) is 11.3 Å². The molecule has 0 saturated carbocycles. The summed E-state index contributed by atoms with van der Waals surface area (Å²) in [5.41, 5.74) is 7.70. The number of benzene rings is 1. The summed E-state index contributed by atoms with van der Waals surface area (Å²) >= 11 is 4.97. The van der Waals surface area contributed by atoms with Crippen LogP contribution in [0.3, 0.4) is 0 Å². The van der Waals surface area contributed by atoms with Crippen LogP contribution in [0.1, 0.15) is 38.7 Å². The van der Waals surface area contributed by atoms with Crippen molar-refractivity contribution < 1.29 is 4.79 Å². The molecule has 2 aromatic rings. The van der Waals surface area contributed by atoms with Crippen molar-refractivity contribution in [1.29, 1.82) is 0 Å². The van der Waals surface area contributed by atoms with Gasteiger partial charge in [0.15, 0.2) is 0 Å². The Balaban J connectivity index is 2.08. The molecule has 0 aliphatic carbocycles. The number of nitrogens with zero attached hydrogens (tertiary/aromatic N) is 1. The van der Waals surface area contributed by atoms with Gasteiger partial charge in [-0.3, -0.25) is 4.79 Å². The van der Waals surface area contributed by atoms with Crippen molar-refractivity contribution in [1.82, 2.24) is 10.3 Å². The first kappa shape index (κ1) is 18.1. The highest BCUT2D eigenvalue weighted by molar-refractivity contribution is 9.10. The molecule has 1 unspecified atom stereocenters. The molecule has 1 aromatic heterocycles.